The van der Waals surface area contributed by atoms with Crippen LogP contribution in [0.25, 0.3) is 0 Å². The molecule has 2 atom stereocenters. The Morgan fingerprint density at radius 2 is 1.67 bits per heavy atom. The lowest BCUT2D eigenvalue weighted by Crippen LogP contribution is -2.53. The monoisotopic (exact) mass is 317 g/mol. The van der Waals surface area contributed by atoms with E-state index in [1.807, 2.05) is 0 Å². The van der Waals surface area contributed by atoms with Crippen molar-refractivity contribution in [2.24, 2.45) is 0 Å². The van der Waals surface area contributed by atoms with Crippen LogP contribution in [0.2, 0.25) is 5.54 Å². The molecular formula is C16H35NO3Si. The minimum absolute atomic E-state index is 0.395. The third-order valence-electron chi connectivity index (χ3n) is 4.97. The zero-order valence-corrected chi connectivity index (χ0v) is 15.7. The van der Waals surface area contributed by atoms with E-state index in [0.717, 1.165) is 6.42 Å². The third-order valence-corrected chi connectivity index (χ3v) is 8.26. The van der Waals surface area contributed by atoms with Crippen LogP contribution in [-0.4, -0.2) is 54.7 Å². The van der Waals surface area contributed by atoms with Crippen molar-refractivity contribution in [3.8, 4) is 0 Å². The van der Waals surface area contributed by atoms with E-state index in [0.29, 0.717) is 11.6 Å². The van der Waals surface area contributed by atoms with Gasteiger partial charge in [-0.25, -0.2) is 0 Å². The van der Waals surface area contributed by atoms with Crippen LogP contribution in [-0.2, 0) is 13.3 Å². The lowest BCUT2D eigenvalue weighted by Gasteiger charge is -2.38. The summed E-state index contributed by atoms with van der Waals surface area (Å²) in [5, 5.41) is 0. The van der Waals surface area contributed by atoms with Gasteiger partial charge in [-0.3, -0.25) is 0 Å². The summed E-state index contributed by atoms with van der Waals surface area (Å²) in [6.45, 7) is 3.44. The van der Waals surface area contributed by atoms with E-state index in [9.17, 15) is 0 Å². The molecule has 1 rings (SSSR count). The average Bonchev–Trinajstić information content (AvgIpc) is 2.93. The second kappa shape index (κ2) is 9.95. The predicted molar refractivity (Wildman–Crippen MR) is 89.6 cm³/mol. The summed E-state index contributed by atoms with van der Waals surface area (Å²) in [5.41, 5.74) is 0.395. The molecule has 2 unspecified atom stereocenters. The zero-order chi connectivity index (χ0) is 15.7. The lowest BCUT2D eigenvalue weighted by molar-refractivity contribution is 0.0932. The molecule has 0 aromatic heterocycles. The molecule has 0 aromatic rings. The Bertz CT molecular complexity index is 266. The van der Waals surface area contributed by atoms with Crippen LogP contribution in [0.5, 0.6) is 0 Å². The number of hydrogen-bond donors (Lipinski definition) is 0. The van der Waals surface area contributed by atoms with Crippen LogP contribution in [0, 0.1) is 0 Å². The van der Waals surface area contributed by atoms with E-state index in [2.05, 4.69) is 18.9 Å². The van der Waals surface area contributed by atoms with E-state index < -0.39 is 8.80 Å². The second-order valence-corrected chi connectivity index (χ2v) is 9.39. The molecule has 5 heteroatoms. The van der Waals surface area contributed by atoms with Crippen LogP contribution in [0.15, 0.2) is 0 Å². The first-order valence-electron chi connectivity index (χ1n) is 8.50. The summed E-state index contributed by atoms with van der Waals surface area (Å²) in [6.07, 6.45) is 10.2. The van der Waals surface area contributed by atoms with Crippen molar-refractivity contribution in [2.45, 2.75) is 69.9 Å². The molecular weight excluding hydrogens is 282 g/mol. The molecule has 0 N–H and O–H groups in total. The molecule has 0 amide bonds. The fraction of sp³-hybridized carbons (Fsp3) is 1.00. The van der Waals surface area contributed by atoms with Crippen LogP contribution >= 0.6 is 0 Å². The van der Waals surface area contributed by atoms with Crippen LogP contribution < -0.4 is 0 Å². The summed E-state index contributed by atoms with van der Waals surface area (Å²) in [7, 11) is 4.91. The summed E-state index contributed by atoms with van der Waals surface area (Å²) in [5.74, 6) is 0. The van der Waals surface area contributed by atoms with Crippen molar-refractivity contribution in [2.75, 3.05) is 34.9 Å². The van der Waals surface area contributed by atoms with Crippen molar-refractivity contribution >= 4 is 8.80 Å². The highest BCUT2D eigenvalue weighted by Crippen LogP contribution is 2.39. The third kappa shape index (κ3) is 5.03. The Morgan fingerprint density at radius 3 is 2.14 bits per heavy atom. The summed E-state index contributed by atoms with van der Waals surface area (Å²) in [4.78, 5) is 2.47. The van der Waals surface area contributed by atoms with Gasteiger partial charge in [0.15, 0.2) is 0 Å². The molecule has 4 nitrogen and oxygen atoms in total. The zero-order valence-electron chi connectivity index (χ0n) is 14.7. The largest absolute Gasteiger partial charge is 0.505 e. The summed E-state index contributed by atoms with van der Waals surface area (Å²) in [6, 6.07) is 0.544. The molecule has 1 aliphatic rings. The van der Waals surface area contributed by atoms with Crippen molar-refractivity contribution in [1.82, 2.24) is 4.90 Å². The van der Waals surface area contributed by atoms with Crippen molar-refractivity contribution < 1.29 is 13.3 Å². The molecule has 0 saturated carbocycles. The van der Waals surface area contributed by atoms with E-state index in [4.69, 9.17) is 13.3 Å². The number of rotatable bonds is 11. The van der Waals surface area contributed by atoms with Gasteiger partial charge in [0.1, 0.15) is 0 Å². The maximum absolute atomic E-state index is 5.81. The maximum atomic E-state index is 5.81. The van der Waals surface area contributed by atoms with Crippen LogP contribution in [0.3, 0.4) is 0 Å². The summed E-state index contributed by atoms with van der Waals surface area (Å²) >= 11 is 0. The SMILES string of the molecule is CCCCCCCC(C1CCCN1C)[Si](OC)(OC)OC. The number of likely N-dealkylation sites (tertiary alicyclic amines) is 1. The van der Waals surface area contributed by atoms with Crippen molar-refractivity contribution in [3.63, 3.8) is 0 Å². The fourth-order valence-corrected chi connectivity index (χ4v) is 6.58. The fourth-order valence-electron chi connectivity index (χ4n) is 3.72. The topological polar surface area (TPSA) is 30.9 Å². The quantitative estimate of drug-likeness (QED) is 0.429. The van der Waals surface area contributed by atoms with Gasteiger partial charge < -0.3 is 18.2 Å². The molecule has 0 radical (unpaired) electrons. The van der Waals surface area contributed by atoms with Gasteiger partial charge in [-0.05, 0) is 32.9 Å². The Kier molecular flexibility index (Phi) is 9.05. The number of nitrogens with zero attached hydrogens (tertiary/aromatic N) is 1. The molecule has 0 aromatic carbocycles. The Morgan fingerprint density at radius 1 is 1.05 bits per heavy atom. The smallest absolute Gasteiger partial charge is 0.377 e. The molecule has 21 heavy (non-hydrogen) atoms. The van der Waals surface area contributed by atoms with Gasteiger partial charge in [0.05, 0.1) is 0 Å². The molecule has 1 aliphatic heterocycles. The minimum atomic E-state index is -2.56. The highest BCUT2D eigenvalue weighted by Gasteiger charge is 2.52. The summed E-state index contributed by atoms with van der Waals surface area (Å²) < 4.78 is 17.4. The Balaban J connectivity index is 2.69. The average molecular weight is 318 g/mol. The second-order valence-electron chi connectivity index (χ2n) is 6.22. The first-order valence-corrected chi connectivity index (χ1v) is 10.3. The van der Waals surface area contributed by atoms with E-state index in [1.165, 1.54) is 51.5 Å². The van der Waals surface area contributed by atoms with Crippen LogP contribution in [0.4, 0.5) is 0 Å². The van der Waals surface area contributed by atoms with Gasteiger partial charge in [0.25, 0.3) is 0 Å². The molecule has 0 bridgehead atoms. The standard InChI is InChI=1S/C16H35NO3Si/c1-6-7-8-9-10-13-16(15-12-11-14-17(15)2)21(18-3,19-4)20-5/h15-16H,6-14H2,1-5H3. The van der Waals surface area contributed by atoms with Crippen LogP contribution in [0.1, 0.15) is 58.3 Å². The van der Waals surface area contributed by atoms with E-state index in [1.54, 1.807) is 21.3 Å². The first kappa shape index (κ1) is 19.1. The molecule has 0 spiro atoms. The molecule has 126 valence electrons. The maximum Gasteiger partial charge on any atom is 0.505 e. The van der Waals surface area contributed by atoms with Crippen molar-refractivity contribution in [1.29, 1.82) is 0 Å². The minimum Gasteiger partial charge on any atom is -0.377 e. The highest BCUT2D eigenvalue weighted by atomic mass is 28.4. The van der Waals surface area contributed by atoms with E-state index in [-0.39, 0.29) is 0 Å². The van der Waals surface area contributed by atoms with Gasteiger partial charge in [-0.15, -0.1) is 0 Å². The first-order chi connectivity index (χ1) is 10.1. The van der Waals surface area contributed by atoms with Gasteiger partial charge in [0.2, 0.25) is 0 Å². The highest BCUT2D eigenvalue weighted by molar-refractivity contribution is 6.62. The van der Waals surface area contributed by atoms with E-state index >= 15 is 0 Å². The molecule has 1 saturated heterocycles. The lowest BCUT2D eigenvalue weighted by atomic mass is 10.0. The van der Waals surface area contributed by atoms with Gasteiger partial charge in [0, 0.05) is 32.9 Å². The molecule has 0 aliphatic carbocycles. The van der Waals surface area contributed by atoms with Gasteiger partial charge in [-0.2, -0.15) is 0 Å². The number of hydrogen-bond acceptors (Lipinski definition) is 4. The van der Waals surface area contributed by atoms with Gasteiger partial charge >= 0.3 is 8.80 Å². The van der Waals surface area contributed by atoms with Crippen molar-refractivity contribution in [3.05, 3.63) is 0 Å². The molecule has 1 fully saturated rings. The molecule has 1 heterocycles. The predicted octanol–water partition coefficient (Wildman–Crippen LogP) is 3.69. The normalized spacial score (nSPS) is 21.9. The van der Waals surface area contributed by atoms with Gasteiger partial charge in [-0.1, -0.05) is 39.0 Å². The number of unbranched alkanes of at least 4 members (excludes halogenated alkanes) is 4. The Hall–Kier alpha value is 0.0569. The Labute approximate surface area is 132 Å².